The van der Waals surface area contributed by atoms with E-state index in [1.165, 1.54) is 4.90 Å². The number of hydrogen-bond donors (Lipinski definition) is 1. The lowest BCUT2D eigenvalue weighted by molar-refractivity contribution is -0.160. The second-order valence-corrected chi connectivity index (χ2v) is 11.4. The maximum absolute atomic E-state index is 14.7. The Morgan fingerprint density at radius 3 is 2.55 bits per heavy atom. The number of benzene rings is 2. The van der Waals surface area contributed by atoms with Crippen molar-refractivity contribution in [3.63, 3.8) is 0 Å². The van der Waals surface area contributed by atoms with E-state index in [2.05, 4.69) is 6.58 Å². The predicted octanol–water partition coefficient (Wildman–Crippen LogP) is 3.79. The summed E-state index contributed by atoms with van der Waals surface area (Å²) in [4.78, 5) is 45.4. The summed E-state index contributed by atoms with van der Waals surface area (Å²) in [5, 5.41) is 11.1. The first kappa shape index (κ1) is 28.3. The number of rotatable bonds is 10. The van der Waals surface area contributed by atoms with E-state index in [0.29, 0.717) is 30.0 Å². The average Bonchev–Trinajstić information content (AvgIpc) is 3.52. The number of aliphatic hydroxyl groups is 1. The largest absolute Gasteiger partial charge is 0.466 e. The van der Waals surface area contributed by atoms with Gasteiger partial charge in [-0.15, -0.1) is 6.58 Å². The predicted molar refractivity (Wildman–Crippen MR) is 151 cm³/mol. The van der Waals surface area contributed by atoms with Crippen LogP contribution in [-0.2, 0) is 30.3 Å². The number of esters is 1. The molecule has 9 heteroatoms. The molecule has 3 saturated heterocycles. The van der Waals surface area contributed by atoms with Crippen molar-refractivity contribution in [2.75, 3.05) is 24.7 Å². The first-order valence-electron chi connectivity index (χ1n) is 13.7. The highest BCUT2D eigenvalue weighted by atomic mass is 35.5. The standard InChI is InChI=1S/C31H35ClN2O6/c1-4-17-33(22-13-11-21(32)12-14-22)28(37)26-31-16-15-30(3,40-31)25(29(38)39-5-2)24(31)27(36)34(26)23(19-35)18-20-9-7-6-8-10-20/h4,6-14,23-26,35H,1,5,15-19H2,2-3H3/t23-,24+,25+,26?,30-,31?/m1/s1. The van der Waals surface area contributed by atoms with Gasteiger partial charge >= 0.3 is 5.97 Å². The van der Waals surface area contributed by atoms with Crippen LogP contribution < -0.4 is 4.90 Å². The molecule has 0 radical (unpaired) electrons. The minimum absolute atomic E-state index is 0.169. The Balaban J connectivity index is 1.63. The summed E-state index contributed by atoms with van der Waals surface area (Å²) >= 11 is 6.12. The Morgan fingerprint density at radius 2 is 1.93 bits per heavy atom. The lowest BCUT2D eigenvalue weighted by Gasteiger charge is -2.39. The third-order valence-electron chi connectivity index (χ3n) is 8.62. The number of hydrogen-bond acceptors (Lipinski definition) is 6. The van der Waals surface area contributed by atoms with Gasteiger partial charge in [-0.1, -0.05) is 48.0 Å². The summed E-state index contributed by atoms with van der Waals surface area (Å²) in [5.74, 6) is -2.99. The molecule has 3 heterocycles. The van der Waals surface area contributed by atoms with Gasteiger partial charge in [-0.25, -0.2) is 0 Å². The molecule has 5 rings (SSSR count). The topological polar surface area (TPSA) is 96.4 Å². The second kappa shape index (κ2) is 11.0. The number of aliphatic hydroxyl groups excluding tert-OH is 1. The zero-order valence-corrected chi connectivity index (χ0v) is 23.5. The Kier molecular flexibility index (Phi) is 7.79. The van der Waals surface area contributed by atoms with Crippen LogP contribution >= 0.6 is 11.6 Å². The number of fused-ring (bicyclic) bond motifs is 1. The molecule has 6 atom stereocenters. The maximum atomic E-state index is 14.7. The highest BCUT2D eigenvalue weighted by Gasteiger charge is 2.79. The van der Waals surface area contributed by atoms with Gasteiger partial charge in [0.2, 0.25) is 5.91 Å². The smallest absolute Gasteiger partial charge is 0.312 e. The van der Waals surface area contributed by atoms with Gasteiger partial charge in [0.1, 0.15) is 17.6 Å². The van der Waals surface area contributed by atoms with Gasteiger partial charge in [-0.05, 0) is 62.9 Å². The van der Waals surface area contributed by atoms with E-state index < -0.39 is 41.1 Å². The minimum atomic E-state index is -1.24. The quantitative estimate of drug-likeness (QED) is 0.347. The van der Waals surface area contributed by atoms with Crippen molar-refractivity contribution in [3.05, 3.63) is 77.8 Å². The Hall–Kier alpha value is -3.20. The third kappa shape index (κ3) is 4.52. The van der Waals surface area contributed by atoms with Crippen LogP contribution in [-0.4, -0.2) is 70.8 Å². The molecule has 2 aromatic rings. The van der Waals surface area contributed by atoms with Crippen LogP contribution in [0.25, 0.3) is 0 Å². The van der Waals surface area contributed by atoms with E-state index in [1.54, 1.807) is 42.2 Å². The first-order chi connectivity index (χ1) is 19.2. The number of carbonyl (C=O) groups is 3. The van der Waals surface area contributed by atoms with Gasteiger partial charge in [-0.2, -0.15) is 0 Å². The SMILES string of the molecule is C=CCN(C(=O)C1N([C@@H](CO)Cc2ccccc2)C(=O)[C@@H]2[C@@H](C(=O)OCC)[C@@]3(C)CCC12O3)c1ccc(Cl)cc1. The van der Waals surface area contributed by atoms with E-state index in [0.717, 1.165) is 5.56 Å². The van der Waals surface area contributed by atoms with E-state index in [1.807, 2.05) is 37.3 Å². The van der Waals surface area contributed by atoms with Crippen molar-refractivity contribution >= 4 is 35.1 Å². The fraction of sp³-hybridized carbons (Fsp3) is 0.452. The summed E-state index contributed by atoms with van der Waals surface area (Å²) in [6.45, 7) is 7.38. The molecule has 3 fully saturated rings. The maximum Gasteiger partial charge on any atom is 0.312 e. The lowest BCUT2D eigenvalue weighted by atomic mass is 9.66. The van der Waals surface area contributed by atoms with Gasteiger partial charge in [-0.3, -0.25) is 14.4 Å². The van der Waals surface area contributed by atoms with E-state index in [4.69, 9.17) is 21.1 Å². The Labute approximate surface area is 239 Å². The molecule has 0 saturated carbocycles. The zero-order valence-electron chi connectivity index (χ0n) is 22.8. The summed E-state index contributed by atoms with van der Waals surface area (Å²) in [5.41, 5.74) is -0.675. The van der Waals surface area contributed by atoms with Crippen LogP contribution in [0.3, 0.4) is 0 Å². The van der Waals surface area contributed by atoms with Gasteiger partial charge in [0.05, 0.1) is 30.8 Å². The minimum Gasteiger partial charge on any atom is -0.466 e. The molecule has 0 aliphatic carbocycles. The summed E-state index contributed by atoms with van der Waals surface area (Å²) in [6, 6.07) is 14.6. The van der Waals surface area contributed by atoms with Gasteiger partial charge < -0.3 is 24.4 Å². The molecular formula is C31H35ClN2O6. The fourth-order valence-electron chi connectivity index (χ4n) is 6.98. The zero-order chi connectivity index (χ0) is 28.7. The number of likely N-dealkylation sites (tertiary alicyclic amines) is 1. The van der Waals surface area contributed by atoms with Crippen molar-refractivity contribution in [2.24, 2.45) is 11.8 Å². The molecular weight excluding hydrogens is 532 g/mol. The highest BCUT2D eigenvalue weighted by molar-refractivity contribution is 6.30. The molecule has 2 aromatic carbocycles. The van der Waals surface area contributed by atoms with Crippen LogP contribution in [0.15, 0.2) is 67.3 Å². The van der Waals surface area contributed by atoms with E-state index in [9.17, 15) is 19.5 Å². The van der Waals surface area contributed by atoms with Crippen molar-refractivity contribution in [2.45, 2.75) is 56.4 Å². The number of amides is 2. The van der Waals surface area contributed by atoms with Crippen LogP contribution in [0.1, 0.15) is 32.3 Å². The lowest BCUT2D eigenvalue weighted by Crippen LogP contribution is -2.59. The van der Waals surface area contributed by atoms with Crippen molar-refractivity contribution in [1.29, 1.82) is 0 Å². The van der Waals surface area contributed by atoms with Gasteiger partial charge in [0.25, 0.3) is 5.91 Å². The number of nitrogens with zero attached hydrogens (tertiary/aromatic N) is 2. The Morgan fingerprint density at radius 1 is 1.23 bits per heavy atom. The van der Waals surface area contributed by atoms with Crippen LogP contribution in [0.4, 0.5) is 5.69 Å². The van der Waals surface area contributed by atoms with Crippen LogP contribution in [0, 0.1) is 11.8 Å². The molecule has 2 bridgehead atoms. The molecule has 3 aliphatic heterocycles. The average molecular weight is 567 g/mol. The number of halogens is 1. The summed E-state index contributed by atoms with van der Waals surface area (Å²) in [7, 11) is 0. The van der Waals surface area contributed by atoms with E-state index in [-0.39, 0.29) is 31.6 Å². The molecule has 1 N–H and O–H groups in total. The fourth-order valence-corrected chi connectivity index (χ4v) is 7.11. The molecule has 0 aromatic heterocycles. The molecule has 212 valence electrons. The molecule has 40 heavy (non-hydrogen) atoms. The van der Waals surface area contributed by atoms with Gasteiger partial charge in [0, 0.05) is 17.3 Å². The molecule has 2 amide bonds. The Bertz CT molecular complexity index is 1290. The first-order valence-corrected chi connectivity index (χ1v) is 14.1. The van der Waals surface area contributed by atoms with Gasteiger partial charge in [0.15, 0.2) is 0 Å². The van der Waals surface area contributed by atoms with Crippen molar-refractivity contribution < 1.29 is 29.0 Å². The van der Waals surface area contributed by atoms with Crippen molar-refractivity contribution in [1.82, 2.24) is 4.90 Å². The number of carbonyl (C=O) groups excluding carboxylic acids is 3. The second-order valence-electron chi connectivity index (χ2n) is 11.0. The van der Waals surface area contributed by atoms with Crippen molar-refractivity contribution in [3.8, 4) is 0 Å². The third-order valence-corrected chi connectivity index (χ3v) is 8.88. The normalized spacial score (nSPS) is 29.2. The summed E-state index contributed by atoms with van der Waals surface area (Å²) < 4.78 is 12.1. The highest BCUT2D eigenvalue weighted by Crippen LogP contribution is 2.63. The monoisotopic (exact) mass is 566 g/mol. The molecule has 8 nitrogen and oxygen atoms in total. The van der Waals surface area contributed by atoms with Crippen LogP contribution in [0.5, 0.6) is 0 Å². The van der Waals surface area contributed by atoms with E-state index >= 15 is 0 Å². The summed E-state index contributed by atoms with van der Waals surface area (Å²) in [6.07, 6.45) is 2.88. The number of ether oxygens (including phenoxy) is 2. The van der Waals surface area contributed by atoms with Crippen LogP contribution in [0.2, 0.25) is 5.02 Å². The molecule has 3 aliphatic rings. The molecule has 2 unspecified atom stereocenters. The number of anilines is 1. The molecule has 1 spiro atoms.